The molecule has 0 bridgehead atoms. The first-order chi connectivity index (χ1) is 33.3. The van der Waals surface area contributed by atoms with Gasteiger partial charge in [-0.05, 0) is 37.8 Å². The number of hydrogen-bond donors (Lipinski definition) is 2. The third-order valence-corrected chi connectivity index (χ3v) is 11.6. The number of hydrogen-bond acceptors (Lipinski definition) is 14. The first-order valence-electron chi connectivity index (χ1n) is 25.7. The Morgan fingerprint density at radius 3 is 1.49 bits per heavy atom. The summed E-state index contributed by atoms with van der Waals surface area (Å²) in [4.78, 5) is 75.6. The molecule has 2 N–H and O–H groups in total. The Kier molecular flexibility index (Phi) is 33.5. The van der Waals surface area contributed by atoms with Crippen LogP contribution in [0.5, 0.6) is 0 Å². The second kappa shape index (κ2) is 38.9. The van der Waals surface area contributed by atoms with Gasteiger partial charge in [0.2, 0.25) is 17.7 Å². The zero-order chi connectivity index (χ0) is 48.7. The molecule has 1 aromatic carbocycles. The Morgan fingerprint density at radius 1 is 0.544 bits per heavy atom. The first kappa shape index (κ1) is 58.5. The summed E-state index contributed by atoms with van der Waals surface area (Å²) in [5.74, 6) is -2.86. The molecule has 2 aliphatic heterocycles. The third-order valence-electron chi connectivity index (χ3n) is 11.6. The van der Waals surface area contributed by atoms with Gasteiger partial charge >= 0.3 is 5.97 Å². The Balaban J connectivity index is 0.972. The van der Waals surface area contributed by atoms with Gasteiger partial charge < -0.3 is 43.2 Å². The van der Waals surface area contributed by atoms with E-state index in [1.165, 1.54) is 89.5 Å². The van der Waals surface area contributed by atoms with Crippen LogP contribution in [0.15, 0.2) is 18.2 Å². The van der Waals surface area contributed by atoms with Crippen LogP contribution in [-0.4, -0.2) is 146 Å². The second-order valence-corrected chi connectivity index (χ2v) is 17.2. The lowest BCUT2D eigenvalue weighted by molar-refractivity contribution is -0.145. The molecule has 0 aliphatic carbocycles. The Morgan fingerprint density at radius 2 is 0.985 bits per heavy atom. The zero-order valence-corrected chi connectivity index (χ0v) is 41.1. The Hall–Kier alpha value is -3.84. The molecular formula is C51H83N3O14. The van der Waals surface area contributed by atoms with Crippen LogP contribution < -0.4 is 10.6 Å². The van der Waals surface area contributed by atoms with E-state index in [9.17, 15) is 28.8 Å². The van der Waals surface area contributed by atoms with Crippen LogP contribution in [-0.2, 0) is 57.1 Å². The number of rotatable bonds is 45. The van der Waals surface area contributed by atoms with Crippen LogP contribution in [0.1, 0.15) is 169 Å². The van der Waals surface area contributed by atoms with Crippen LogP contribution in [0.4, 0.5) is 5.69 Å². The molecule has 0 saturated carbocycles. The lowest BCUT2D eigenvalue weighted by Crippen LogP contribution is -2.54. The van der Waals surface area contributed by atoms with Gasteiger partial charge in [0.1, 0.15) is 12.6 Å². The van der Waals surface area contributed by atoms with Crippen LogP contribution >= 0.6 is 0 Å². The van der Waals surface area contributed by atoms with E-state index in [-0.39, 0.29) is 54.6 Å². The highest BCUT2D eigenvalue weighted by atomic mass is 16.6. The normalized spacial score (nSPS) is 14.7. The first-order valence-corrected chi connectivity index (χ1v) is 25.7. The van der Waals surface area contributed by atoms with Crippen LogP contribution in [0, 0.1) is 0 Å². The quantitative estimate of drug-likeness (QED) is 0.0369. The van der Waals surface area contributed by atoms with Crippen molar-refractivity contribution in [3.8, 4) is 0 Å². The minimum atomic E-state index is -1.08. The van der Waals surface area contributed by atoms with E-state index < -0.39 is 29.7 Å². The summed E-state index contributed by atoms with van der Waals surface area (Å²) in [5.41, 5.74) is 0.381. The maximum absolute atomic E-state index is 13.2. The summed E-state index contributed by atoms with van der Waals surface area (Å²) in [7, 11) is 0. The summed E-state index contributed by atoms with van der Waals surface area (Å²) in [5, 5.41) is 4.91. The lowest BCUT2D eigenvalue weighted by atomic mass is 10.0. The smallest absolute Gasteiger partial charge is 0.305 e. The molecule has 3 rings (SSSR count). The molecule has 17 heteroatoms. The average molecular weight is 962 g/mol. The van der Waals surface area contributed by atoms with Crippen molar-refractivity contribution in [1.82, 2.24) is 10.2 Å². The molecule has 5 amide bonds. The number of esters is 1. The molecule has 17 nitrogen and oxygen atoms in total. The van der Waals surface area contributed by atoms with Crippen molar-refractivity contribution < 1.29 is 66.7 Å². The summed E-state index contributed by atoms with van der Waals surface area (Å²) in [6, 6.07) is 3.53. The van der Waals surface area contributed by atoms with Gasteiger partial charge in [-0.15, -0.1) is 0 Å². The van der Waals surface area contributed by atoms with E-state index in [1.807, 2.05) is 0 Å². The van der Waals surface area contributed by atoms with E-state index in [0.717, 1.165) is 30.6 Å². The fourth-order valence-electron chi connectivity index (χ4n) is 7.85. The number of nitrogens with zero attached hydrogens (tertiary/aromatic N) is 1. The van der Waals surface area contributed by atoms with E-state index in [1.54, 1.807) is 12.1 Å². The maximum Gasteiger partial charge on any atom is 0.305 e. The minimum absolute atomic E-state index is 0.0274. The number of piperidine rings is 1. The van der Waals surface area contributed by atoms with Crippen molar-refractivity contribution in [2.75, 3.05) is 104 Å². The molecule has 1 fully saturated rings. The molecule has 0 spiro atoms. The highest BCUT2D eigenvalue weighted by Gasteiger charge is 2.45. The predicted octanol–water partition coefficient (Wildman–Crippen LogP) is 7.51. The maximum atomic E-state index is 13.2. The molecule has 1 atom stereocenters. The number of ether oxygens (including phenoxy) is 8. The summed E-state index contributed by atoms with van der Waals surface area (Å²) >= 11 is 0. The topological polar surface area (TPSA) is 204 Å². The van der Waals surface area contributed by atoms with Crippen LogP contribution in [0.3, 0.4) is 0 Å². The van der Waals surface area contributed by atoms with E-state index in [2.05, 4.69) is 17.6 Å². The van der Waals surface area contributed by atoms with Crippen molar-refractivity contribution in [2.45, 2.75) is 154 Å². The van der Waals surface area contributed by atoms with Gasteiger partial charge in [0.05, 0.1) is 103 Å². The molecule has 2 heterocycles. The molecule has 1 aromatic rings. The lowest BCUT2D eigenvalue weighted by Gasteiger charge is -2.27. The highest BCUT2D eigenvalue weighted by molar-refractivity contribution is 6.26. The number of fused-ring (bicyclic) bond motifs is 1. The van der Waals surface area contributed by atoms with E-state index >= 15 is 0 Å². The van der Waals surface area contributed by atoms with Crippen molar-refractivity contribution in [2.24, 2.45) is 0 Å². The van der Waals surface area contributed by atoms with Crippen molar-refractivity contribution in [3.63, 3.8) is 0 Å². The average Bonchev–Trinajstić information content (AvgIpc) is 3.58. The Bertz CT molecular complexity index is 1580. The molecule has 0 radical (unpaired) electrons. The van der Waals surface area contributed by atoms with Gasteiger partial charge in [-0.3, -0.25) is 39.0 Å². The fourth-order valence-corrected chi connectivity index (χ4v) is 7.85. The predicted molar refractivity (Wildman–Crippen MR) is 256 cm³/mol. The van der Waals surface area contributed by atoms with E-state index in [4.69, 9.17) is 37.9 Å². The van der Waals surface area contributed by atoms with Gasteiger partial charge in [0, 0.05) is 25.9 Å². The minimum Gasteiger partial charge on any atom is -0.463 e. The highest BCUT2D eigenvalue weighted by Crippen LogP contribution is 2.32. The SMILES string of the molecule is CCCCCCCCCCCCCCCCCC(=O)OCCOCCOCCOCCOCCOCCOCCOCCCCCC(=O)Nc1cccc2c1C(=O)N(C1CCC(=O)NC1=O)C2=O. The fraction of sp³-hybridized carbons (Fsp3) is 0.765. The number of carbonyl (C=O) groups excluding carboxylic acids is 6. The van der Waals surface area contributed by atoms with Gasteiger partial charge in [0.25, 0.3) is 11.8 Å². The monoisotopic (exact) mass is 962 g/mol. The van der Waals surface area contributed by atoms with Crippen molar-refractivity contribution in [1.29, 1.82) is 0 Å². The van der Waals surface area contributed by atoms with Crippen molar-refractivity contribution >= 4 is 41.2 Å². The van der Waals surface area contributed by atoms with Gasteiger partial charge in [-0.1, -0.05) is 109 Å². The number of amides is 5. The number of imide groups is 2. The van der Waals surface area contributed by atoms with Gasteiger partial charge in [-0.2, -0.15) is 0 Å². The van der Waals surface area contributed by atoms with Gasteiger partial charge in [-0.25, -0.2) is 0 Å². The Labute approximate surface area is 405 Å². The molecule has 1 saturated heterocycles. The summed E-state index contributed by atoms with van der Waals surface area (Å²) in [6.07, 6.45) is 22.5. The number of anilines is 1. The zero-order valence-electron chi connectivity index (χ0n) is 41.1. The molecule has 1 unspecified atom stereocenters. The van der Waals surface area contributed by atoms with Crippen molar-refractivity contribution in [3.05, 3.63) is 29.3 Å². The largest absolute Gasteiger partial charge is 0.463 e. The van der Waals surface area contributed by atoms with Crippen LogP contribution in [0.2, 0.25) is 0 Å². The van der Waals surface area contributed by atoms with E-state index in [0.29, 0.717) is 105 Å². The summed E-state index contributed by atoms with van der Waals surface area (Å²) in [6.45, 7) is 8.83. The molecular weight excluding hydrogens is 879 g/mol. The molecule has 2 aliphatic rings. The molecule has 386 valence electrons. The number of unbranched alkanes of at least 4 members (excludes halogenated alkanes) is 16. The number of benzene rings is 1. The van der Waals surface area contributed by atoms with Crippen LogP contribution in [0.25, 0.3) is 0 Å². The number of nitrogens with one attached hydrogen (secondary N) is 2. The third kappa shape index (κ3) is 26.2. The summed E-state index contributed by atoms with van der Waals surface area (Å²) < 4.78 is 44.0. The second-order valence-electron chi connectivity index (χ2n) is 17.2. The molecule has 68 heavy (non-hydrogen) atoms. The number of carbonyl (C=O) groups is 6. The molecule has 0 aromatic heterocycles. The van der Waals surface area contributed by atoms with Gasteiger partial charge in [0.15, 0.2) is 0 Å². The standard InChI is InChI=1S/C51H83N3O14/c1-2-3-4-5-6-7-8-9-10-11-12-13-14-15-18-24-47(57)68-41-40-67-39-38-66-37-36-65-35-34-64-33-32-63-31-30-62-29-28-61-27-19-16-17-23-45(55)52-43-22-20-21-42-48(43)51(60)54(50(42)59)44-25-26-46(56)53-49(44)58/h20-22,44H,2-19,23-41H2,1H3,(H,52,55)(H,53,56,58).